The molecule has 0 fully saturated rings. The highest BCUT2D eigenvalue weighted by Crippen LogP contribution is 2.25. The second-order valence-corrected chi connectivity index (χ2v) is 4.77. The summed E-state index contributed by atoms with van der Waals surface area (Å²) in [5, 5.41) is 12.0. The molecule has 1 N–H and O–H groups in total. The van der Waals surface area contributed by atoms with E-state index in [0.717, 1.165) is 23.4 Å². The molecule has 1 atom stereocenters. The van der Waals surface area contributed by atoms with E-state index in [1.807, 2.05) is 24.3 Å². The minimum absolute atomic E-state index is 0.301. The van der Waals surface area contributed by atoms with E-state index in [0.29, 0.717) is 10.4 Å². The molecule has 3 heteroatoms. The molecule has 1 aliphatic rings. The molecule has 1 aromatic rings. The van der Waals surface area contributed by atoms with Crippen LogP contribution >= 0.6 is 15.9 Å². The predicted molar refractivity (Wildman–Crippen MR) is 68.7 cm³/mol. The molecule has 2 nitrogen and oxygen atoms in total. The fourth-order valence-corrected chi connectivity index (χ4v) is 1.88. The number of rotatable bonds is 1. The third-order valence-corrected chi connectivity index (χ3v) is 3.45. The van der Waals surface area contributed by atoms with Crippen molar-refractivity contribution in [3.8, 4) is 6.07 Å². The van der Waals surface area contributed by atoms with Gasteiger partial charge in [-0.15, -0.1) is 0 Å². The molecule has 1 aromatic carbocycles. The van der Waals surface area contributed by atoms with Crippen molar-refractivity contribution in [2.75, 3.05) is 0 Å². The number of nitriles is 1. The predicted octanol–water partition coefficient (Wildman–Crippen LogP) is 3.17. The van der Waals surface area contributed by atoms with Gasteiger partial charge in [0, 0.05) is 11.4 Å². The van der Waals surface area contributed by atoms with E-state index in [4.69, 9.17) is 5.26 Å². The van der Waals surface area contributed by atoms with Gasteiger partial charge < -0.3 is 5.32 Å². The molecular weight excluding hydrogens is 264 g/mol. The maximum absolute atomic E-state index is 8.72. The highest BCUT2D eigenvalue weighted by molar-refractivity contribution is 9.09. The lowest BCUT2D eigenvalue weighted by Crippen LogP contribution is -2.22. The Morgan fingerprint density at radius 2 is 2.06 bits per heavy atom. The zero-order valence-electron chi connectivity index (χ0n) is 8.70. The molecular formula is C13H11BrN2. The van der Waals surface area contributed by atoms with Gasteiger partial charge in [-0.1, -0.05) is 40.7 Å². The highest BCUT2D eigenvalue weighted by Gasteiger charge is 2.15. The molecule has 0 saturated heterocycles. The Kier molecular flexibility index (Phi) is 3.12. The number of alkyl halides is 1. The first-order chi connectivity index (χ1) is 7.70. The first-order valence-corrected chi connectivity index (χ1v) is 5.93. The Hall–Kier alpha value is -1.53. The van der Waals surface area contributed by atoms with Crippen LogP contribution in [0.25, 0.3) is 5.70 Å². The summed E-state index contributed by atoms with van der Waals surface area (Å²) in [5.74, 6) is 0. The van der Waals surface area contributed by atoms with E-state index in [1.54, 1.807) is 0 Å². The van der Waals surface area contributed by atoms with Gasteiger partial charge >= 0.3 is 0 Å². The summed E-state index contributed by atoms with van der Waals surface area (Å²) in [4.78, 5) is 0.301. The second kappa shape index (κ2) is 4.54. The highest BCUT2D eigenvalue weighted by atomic mass is 79.9. The normalized spacial score (nSPS) is 19.6. The number of allylic oxidation sites excluding steroid dienone is 2. The lowest BCUT2D eigenvalue weighted by Gasteiger charge is -2.22. The van der Waals surface area contributed by atoms with Crippen LogP contribution in [0.2, 0.25) is 0 Å². The summed E-state index contributed by atoms with van der Waals surface area (Å²) in [6.07, 6.45) is 3.07. The minimum atomic E-state index is 0.301. The lowest BCUT2D eigenvalue weighted by atomic mass is 10.0. The Balaban J connectivity index is 2.25. The first-order valence-electron chi connectivity index (χ1n) is 5.01. The number of nitrogens with zero attached hydrogens (tertiary/aromatic N) is 1. The van der Waals surface area contributed by atoms with Crippen molar-refractivity contribution in [3.63, 3.8) is 0 Å². The zero-order chi connectivity index (χ0) is 11.5. The average molecular weight is 275 g/mol. The number of hydrogen-bond acceptors (Lipinski definition) is 2. The Morgan fingerprint density at radius 3 is 2.62 bits per heavy atom. The molecule has 0 bridgehead atoms. The molecule has 0 spiro atoms. The number of halogens is 1. The van der Waals surface area contributed by atoms with Gasteiger partial charge in [0.1, 0.15) is 0 Å². The van der Waals surface area contributed by atoms with Crippen LogP contribution in [-0.4, -0.2) is 4.83 Å². The van der Waals surface area contributed by atoms with Crippen molar-refractivity contribution in [1.82, 2.24) is 5.32 Å². The molecule has 1 unspecified atom stereocenters. The van der Waals surface area contributed by atoms with E-state index >= 15 is 0 Å². The minimum Gasteiger partial charge on any atom is -0.358 e. The van der Waals surface area contributed by atoms with Crippen LogP contribution in [-0.2, 0) is 0 Å². The van der Waals surface area contributed by atoms with Crippen LogP contribution < -0.4 is 5.32 Å². The maximum atomic E-state index is 8.72. The molecule has 16 heavy (non-hydrogen) atoms. The molecule has 1 aliphatic heterocycles. The Bertz CT molecular complexity index is 480. The number of benzene rings is 1. The fourth-order valence-electron chi connectivity index (χ4n) is 1.58. The van der Waals surface area contributed by atoms with Crippen LogP contribution in [0.1, 0.15) is 17.5 Å². The van der Waals surface area contributed by atoms with E-state index in [2.05, 4.69) is 40.0 Å². The summed E-state index contributed by atoms with van der Waals surface area (Å²) < 4.78 is 0. The quantitative estimate of drug-likeness (QED) is 0.799. The molecule has 0 saturated carbocycles. The smallest absolute Gasteiger partial charge is 0.0991 e. The summed E-state index contributed by atoms with van der Waals surface area (Å²) >= 11 is 3.53. The summed E-state index contributed by atoms with van der Waals surface area (Å²) in [6.45, 7) is 3.95. The van der Waals surface area contributed by atoms with E-state index in [1.165, 1.54) is 0 Å². The SMILES string of the molecule is C=C1NC(c2ccc(C#N)cc2)=CCC1Br. The van der Waals surface area contributed by atoms with Crippen LogP contribution in [0.4, 0.5) is 0 Å². The summed E-state index contributed by atoms with van der Waals surface area (Å²) in [5.41, 5.74) is 3.80. The van der Waals surface area contributed by atoms with E-state index in [9.17, 15) is 0 Å². The van der Waals surface area contributed by atoms with Gasteiger partial charge in [0.05, 0.1) is 16.5 Å². The van der Waals surface area contributed by atoms with Crippen molar-refractivity contribution < 1.29 is 0 Å². The topological polar surface area (TPSA) is 35.8 Å². The summed E-state index contributed by atoms with van der Waals surface area (Å²) in [6, 6.07) is 9.64. The molecule has 80 valence electrons. The van der Waals surface area contributed by atoms with Crippen molar-refractivity contribution in [1.29, 1.82) is 5.26 Å². The first kappa shape index (κ1) is 11.0. The maximum Gasteiger partial charge on any atom is 0.0991 e. The van der Waals surface area contributed by atoms with Gasteiger partial charge in [-0.25, -0.2) is 0 Å². The molecule has 0 radical (unpaired) electrons. The third-order valence-electron chi connectivity index (χ3n) is 2.53. The van der Waals surface area contributed by atoms with Gasteiger partial charge in [0.2, 0.25) is 0 Å². The van der Waals surface area contributed by atoms with Crippen molar-refractivity contribution in [3.05, 3.63) is 53.7 Å². The Morgan fingerprint density at radius 1 is 1.38 bits per heavy atom. The molecule has 1 heterocycles. The lowest BCUT2D eigenvalue weighted by molar-refractivity contribution is 0.887. The molecule has 0 amide bonds. The fraction of sp³-hybridized carbons (Fsp3) is 0.154. The number of nitrogens with one attached hydrogen (secondary N) is 1. The van der Waals surface area contributed by atoms with Gasteiger partial charge in [0.25, 0.3) is 0 Å². The van der Waals surface area contributed by atoms with Gasteiger partial charge in [-0.2, -0.15) is 5.26 Å². The van der Waals surface area contributed by atoms with Gasteiger partial charge in [-0.3, -0.25) is 0 Å². The van der Waals surface area contributed by atoms with Crippen LogP contribution in [0.15, 0.2) is 42.6 Å². The monoisotopic (exact) mass is 274 g/mol. The average Bonchev–Trinajstić information content (AvgIpc) is 2.33. The standard InChI is InChI=1S/C13H11BrN2/c1-9-12(14)6-7-13(16-9)11-4-2-10(8-15)3-5-11/h2-5,7,12,16H,1,6H2. The van der Waals surface area contributed by atoms with E-state index < -0.39 is 0 Å². The van der Waals surface area contributed by atoms with Crippen molar-refractivity contribution >= 4 is 21.6 Å². The second-order valence-electron chi connectivity index (χ2n) is 3.66. The van der Waals surface area contributed by atoms with Crippen LogP contribution in [0, 0.1) is 11.3 Å². The number of hydrogen-bond donors (Lipinski definition) is 1. The van der Waals surface area contributed by atoms with Crippen molar-refractivity contribution in [2.24, 2.45) is 0 Å². The largest absolute Gasteiger partial charge is 0.358 e. The van der Waals surface area contributed by atoms with Gasteiger partial charge in [-0.05, 0) is 24.1 Å². The van der Waals surface area contributed by atoms with Crippen LogP contribution in [0.3, 0.4) is 0 Å². The summed E-state index contributed by atoms with van der Waals surface area (Å²) in [7, 11) is 0. The van der Waals surface area contributed by atoms with Crippen LogP contribution in [0.5, 0.6) is 0 Å². The molecule has 2 rings (SSSR count). The third kappa shape index (κ3) is 2.17. The zero-order valence-corrected chi connectivity index (χ0v) is 10.3. The van der Waals surface area contributed by atoms with E-state index in [-0.39, 0.29) is 0 Å². The molecule has 0 aliphatic carbocycles. The molecule has 0 aromatic heterocycles. The van der Waals surface area contributed by atoms with Crippen molar-refractivity contribution in [2.45, 2.75) is 11.2 Å². The van der Waals surface area contributed by atoms with Gasteiger partial charge in [0.15, 0.2) is 0 Å². The Labute approximate surface area is 103 Å².